The topological polar surface area (TPSA) is 104 Å². The summed E-state index contributed by atoms with van der Waals surface area (Å²) in [7, 11) is 1.65. The lowest BCUT2D eigenvalue weighted by Gasteiger charge is -2.32. The molecule has 1 aromatic carbocycles. The molecule has 1 heterocycles. The lowest BCUT2D eigenvalue weighted by Crippen LogP contribution is -2.43. The third-order valence-corrected chi connectivity index (χ3v) is 4.29. The molecule has 24 heavy (non-hydrogen) atoms. The highest BCUT2D eigenvalue weighted by atomic mass is 16.6. The number of anilines is 1. The molecule has 0 unspecified atom stereocenters. The lowest BCUT2D eigenvalue weighted by atomic mass is 9.93. The molecule has 0 aromatic heterocycles. The number of amides is 1. The number of carbonyl (C=O) groups is 2. The van der Waals surface area contributed by atoms with E-state index in [-0.39, 0.29) is 30.5 Å². The van der Waals surface area contributed by atoms with Gasteiger partial charge in [-0.05, 0) is 24.8 Å². The maximum absolute atomic E-state index is 12.4. The number of carboxylic acids is 1. The predicted octanol–water partition coefficient (Wildman–Crippen LogP) is 1.74. The van der Waals surface area contributed by atoms with Crippen LogP contribution >= 0.6 is 0 Å². The number of rotatable bonds is 6. The summed E-state index contributed by atoms with van der Waals surface area (Å²) < 4.78 is 0. The number of carbonyl (C=O) groups excluding carboxylic acids is 1. The quantitative estimate of drug-likeness (QED) is 0.627. The molecule has 0 radical (unpaired) electrons. The predicted molar refractivity (Wildman–Crippen MR) is 87.9 cm³/mol. The van der Waals surface area contributed by atoms with Crippen LogP contribution in [0.25, 0.3) is 0 Å². The molecular formula is C16H21N3O5. The van der Waals surface area contributed by atoms with E-state index < -0.39 is 10.9 Å². The molecule has 0 spiro atoms. The van der Waals surface area contributed by atoms with E-state index in [1.165, 1.54) is 6.07 Å². The van der Waals surface area contributed by atoms with Crippen LogP contribution in [0.2, 0.25) is 0 Å². The number of hydrogen-bond donors (Lipinski definition) is 1. The molecule has 1 fully saturated rings. The van der Waals surface area contributed by atoms with E-state index in [0.29, 0.717) is 31.6 Å². The molecule has 1 aliphatic heterocycles. The fourth-order valence-electron chi connectivity index (χ4n) is 2.96. The van der Waals surface area contributed by atoms with Crippen molar-refractivity contribution < 1.29 is 19.6 Å². The van der Waals surface area contributed by atoms with Crippen molar-refractivity contribution in [2.75, 3.05) is 31.6 Å². The largest absolute Gasteiger partial charge is 0.481 e. The minimum atomic E-state index is -0.809. The number of nitro groups is 1. The summed E-state index contributed by atoms with van der Waals surface area (Å²) in [6, 6.07) is 6.31. The van der Waals surface area contributed by atoms with E-state index in [0.717, 1.165) is 0 Å². The first-order chi connectivity index (χ1) is 11.4. The number of nitrogens with zero attached hydrogens (tertiary/aromatic N) is 3. The fourth-order valence-corrected chi connectivity index (χ4v) is 2.96. The normalized spacial score (nSPS) is 15.1. The summed E-state index contributed by atoms with van der Waals surface area (Å²) in [6.45, 7) is 1.11. The Bertz CT molecular complexity index is 626. The van der Waals surface area contributed by atoms with Crippen molar-refractivity contribution in [2.24, 2.45) is 5.92 Å². The SMILES string of the molecule is CN(CC(=O)N1CCC(CC(=O)O)CC1)c1ccccc1[N+](=O)[O-]. The Morgan fingerprint density at radius 1 is 1.33 bits per heavy atom. The van der Waals surface area contributed by atoms with Gasteiger partial charge in [0.2, 0.25) is 5.91 Å². The third kappa shape index (κ3) is 4.43. The van der Waals surface area contributed by atoms with Gasteiger partial charge in [-0.15, -0.1) is 0 Å². The molecule has 0 saturated carbocycles. The second-order valence-corrected chi connectivity index (χ2v) is 6.02. The summed E-state index contributed by atoms with van der Waals surface area (Å²) in [5.41, 5.74) is 0.365. The molecule has 130 valence electrons. The van der Waals surface area contributed by atoms with Crippen molar-refractivity contribution in [3.05, 3.63) is 34.4 Å². The van der Waals surface area contributed by atoms with Crippen molar-refractivity contribution in [3.63, 3.8) is 0 Å². The number of piperidine rings is 1. The lowest BCUT2D eigenvalue weighted by molar-refractivity contribution is -0.384. The Balaban J connectivity index is 1.93. The van der Waals surface area contributed by atoms with Crippen LogP contribution < -0.4 is 4.90 Å². The van der Waals surface area contributed by atoms with Crippen LogP contribution in [0, 0.1) is 16.0 Å². The zero-order valence-electron chi connectivity index (χ0n) is 13.6. The number of carboxylic acid groups (broad SMARTS) is 1. The molecule has 0 atom stereocenters. The van der Waals surface area contributed by atoms with Crippen LogP contribution in [0.4, 0.5) is 11.4 Å². The van der Waals surface area contributed by atoms with Gasteiger partial charge in [0.1, 0.15) is 5.69 Å². The molecule has 8 nitrogen and oxygen atoms in total. The van der Waals surface area contributed by atoms with E-state index in [1.807, 2.05) is 0 Å². The second kappa shape index (κ2) is 7.76. The average molecular weight is 335 g/mol. The van der Waals surface area contributed by atoms with E-state index in [9.17, 15) is 19.7 Å². The number of nitro benzene ring substituents is 1. The first-order valence-corrected chi connectivity index (χ1v) is 7.82. The summed E-state index contributed by atoms with van der Waals surface area (Å²) in [5, 5.41) is 19.9. The van der Waals surface area contributed by atoms with E-state index in [4.69, 9.17) is 5.11 Å². The van der Waals surface area contributed by atoms with Gasteiger partial charge in [-0.25, -0.2) is 0 Å². The number of aliphatic carboxylic acids is 1. The van der Waals surface area contributed by atoms with Crippen LogP contribution in [-0.4, -0.2) is 53.5 Å². The second-order valence-electron chi connectivity index (χ2n) is 6.02. The van der Waals surface area contributed by atoms with Crippen LogP contribution in [0.1, 0.15) is 19.3 Å². The minimum Gasteiger partial charge on any atom is -0.481 e. The fraction of sp³-hybridized carbons (Fsp3) is 0.500. The van der Waals surface area contributed by atoms with Gasteiger partial charge in [-0.1, -0.05) is 12.1 Å². The monoisotopic (exact) mass is 335 g/mol. The van der Waals surface area contributed by atoms with Crippen LogP contribution in [0.3, 0.4) is 0 Å². The third-order valence-electron chi connectivity index (χ3n) is 4.29. The van der Waals surface area contributed by atoms with Crippen molar-refractivity contribution in [1.29, 1.82) is 0 Å². The smallest absolute Gasteiger partial charge is 0.303 e. The number of hydrogen-bond acceptors (Lipinski definition) is 5. The maximum atomic E-state index is 12.4. The average Bonchev–Trinajstić information content (AvgIpc) is 2.54. The first kappa shape index (κ1) is 17.7. The van der Waals surface area contributed by atoms with Gasteiger partial charge in [0.25, 0.3) is 5.69 Å². The minimum absolute atomic E-state index is 0.0343. The zero-order chi connectivity index (χ0) is 17.7. The summed E-state index contributed by atoms with van der Waals surface area (Å²) >= 11 is 0. The van der Waals surface area contributed by atoms with Gasteiger partial charge < -0.3 is 14.9 Å². The number of likely N-dealkylation sites (N-methyl/N-ethyl adjacent to an activating group) is 1. The summed E-state index contributed by atoms with van der Waals surface area (Å²) in [5.74, 6) is -0.806. The highest BCUT2D eigenvalue weighted by molar-refractivity contribution is 5.82. The Hall–Kier alpha value is -2.64. The molecular weight excluding hydrogens is 314 g/mol. The molecule has 8 heteroatoms. The van der Waals surface area contributed by atoms with Gasteiger partial charge >= 0.3 is 5.97 Å². The zero-order valence-corrected chi connectivity index (χ0v) is 13.6. The molecule has 1 amide bonds. The van der Waals surface area contributed by atoms with Crippen molar-refractivity contribution in [3.8, 4) is 0 Å². The van der Waals surface area contributed by atoms with Gasteiger partial charge in [-0.2, -0.15) is 0 Å². The highest BCUT2D eigenvalue weighted by Gasteiger charge is 2.26. The Labute approximate surface area is 139 Å². The summed E-state index contributed by atoms with van der Waals surface area (Å²) in [6.07, 6.45) is 1.48. The van der Waals surface area contributed by atoms with E-state index in [1.54, 1.807) is 35.0 Å². The number of para-hydroxylation sites is 2. The van der Waals surface area contributed by atoms with Crippen molar-refractivity contribution in [1.82, 2.24) is 4.90 Å². The van der Waals surface area contributed by atoms with Crippen LogP contribution in [-0.2, 0) is 9.59 Å². The molecule has 2 rings (SSSR count). The van der Waals surface area contributed by atoms with Crippen LogP contribution in [0.5, 0.6) is 0 Å². The van der Waals surface area contributed by atoms with Gasteiger partial charge in [0, 0.05) is 32.6 Å². The Kier molecular flexibility index (Phi) is 5.73. The van der Waals surface area contributed by atoms with Crippen molar-refractivity contribution in [2.45, 2.75) is 19.3 Å². The highest BCUT2D eigenvalue weighted by Crippen LogP contribution is 2.27. The van der Waals surface area contributed by atoms with Gasteiger partial charge in [0.15, 0.2) is 0 Å². The van der Waals surface area contributed by atoms with Crippen LogP contribution in [0.15, 0.2) is 24.3 Å². The molecule has 1 saturated heterocycles. The standard InChI is InChI=1S/C16H21N3O5/c1-17(13-4-2-3-5-14(13)19(23)24)11-15(20)18-8-6-12(7-9-18)10-16(21)22/h2-5,12H,6-11H2,1H3,(H,21,22). The van der Waals surface area contributed by atoms with E-state index in [2.05, 4.69) is 0 Å². The maximum Gasteiger partial charge on any atom is 0.303 e. The first-order valence-electron chi connectivity index (χ1n) is 7.82. The molecule has 1 aromatic rings. The molecule has 1 aliphatic rings. The number of likely N-dealkylation sites (tertiary alicyclic amines) is 1. The van der Waals surface area contributed by atoms with Crippen molar-refractivity contribution >= 4 is 23.3 Å². The molecule has 1 N–H and O–H groups in total. The van der Waals surface area contributed by atoms with Gasteiger partial charge in [-0.3, -0.25) is 19.7 Å². The Morgan fingerprint density at radius 3 is 2.54 bits per heavy atom. The summed E-state index contributed by atoms with van der Waals surface area (Å²) in [4.78, 5) is 37.0. The Morgan fingerprint density at radius 2 is 1.96 bits per heavy atom. The number of benzene rings is 1. The van der Waals surface area contributed by atoms with Gasteiger partial charge in [0.05, 0.1) is 11.5 Å². The molecule has 0 aliphatic carbocycles. The molecule has 0 bridgehead atoms. The van der Waals surface area contributed by atoms with E-state index >= 15 is 0 Å².